The van der Waals surface area contributed by atoms with Gasteiger partial charge in [0, 0.05) is 6.54 Å². The SMILES string of the molecule is C#CC(C)(C)NCC1CCC2(CCCCC2)O1. The number of nitrogens with one attached hydrogen (secondary N) is 1. The Hall–Kier alpha value is -0.520. The average Bonchev–Trinajstić information content (AvgIpc) is 2.71. The molecule has 96 valence electrons. The Morgan fingerprint density at radius 2 is 2.00 bits per heavy atom. The topological polar surface area (TPSA) is 21.3 Å². The van der Waals surface area contributed by atoms with Gasteiger partial charge in [-0.15, -0.1) is 6.42 Å². The van der Waals surface area contributed by atoms with E-state index in [0.29, 0.717) is 6.10 Å². The highest BCUT2D eigenvalue weighted by Crippen LogP contribution is 2.41. The van der Waals surface area contributed by atoms with Crippen LogP contribution in [0.4, 0.5) is 0 Å². The minimum atomic E-state index is -0.217. The van der Waals surface area contributed by atoms with Crippen molar-refractivity contribution in [2.75, 3.05) is 6.54 Å². The van der Waals surface area contributed by atoms with Gasteiger partial charge in [0.05, 0.1) is 17.2 Å². The van der Waals surface area contributed by atoms with Crippen LogP contribution in [0.25, 0.3) is 0 Å². The van der Waals surface area contributed by atoms with Crippen molar-refractivity contribution in [3.63, 3.8) is 0 Å². The largest absolute Gasteiger partial charge is 0.370 e. The van der Waals surface area contributed by atoms with Crippen molar-refractivity contribution in [3.05, 3.63) is 0 Å². The van der Waals surface area contributed by atoms with E-state index >= 15 is 0 Å². The smallest absolute Gasteiger partial charge is 0.0742 e. The normalized spacial score (nSPS) is 28.2. The quantitative estimate of drug-likeness (QED) is 0.760. The minimum Gasteiger partial charge on any atom is -0.370 e. The summed E-state index contributed by atoms with van der Waals surface area (Å²) in [4.78, 5) is 0. The molecule has 2 fully saturated rings. The fourth-order valence-corrected chi connectivity index (χ4v) is 3.02. The van der Waals surface area contributed by atoms with Crippen LogP contribution in [0.5, 0.6) is 0 Å². The number of hydrogen-bond donors (Lipinski definition) is 1. The Morgan fingerprint density at radius 3 is 2.65 bits per heavy atom. The van der Waals surface area contributed by atoms with Gasteiger partial charge < -0.3 is 4.74 Å². The summed E-state index contributed by atoms with van der Waals surface area (Å²) in [5.74, 6) is 2.77. The van der Waals surface area contributed by atoms with Gasteiger partial charge in [0.2, 0.25) is 0 Å². The van der Waals surface area contributed by atoms with Crippen LogP contribution in [-0.2, 0) is 4.74 Å². The number of ether oxygens (including phenoxy) is 1. The maximum Gasteiger partial charge on any atom is 0.0742 e. The van der Waals surface area contributed by atoms with Crippen LogP contribution in [0.3, 0.4) is 0 Å². The Balaban J connectivity index is 1.80. The van der Waals surface area contributed by atoms with Crippen LogP contribution < -0.4 is 5.32 Å². The van der Waals surface area contributed by atoms with Crippen LogP contribution in [0, 0.1) is 12.3 Å². The van der Waals surface area contributed by atoms with E-state index in [1.165, 1.54) is 44.9 Å². The van der Waals surface area contributed by atoms with Crippen molar-refractivity contribution in [3.8, 4) is 12.3 Å². The van der Waals surface area contributed by atoms with Crippen molar-refractivity contribution < 1.29 is 4.74 Å². The van der Waals surface area contributed by atoms with E-state index in [1.54, 1.807) is 0 Å². The van der Waals surface area contributed by atoms with E-state index in [0.717, 1.165) is 6.54 Å². The fourth-order valence-electron chi connectivity index (χ4n) is 3.02. The molecule has 2 rings (SSSR count). The lowest BCUT2D eigenvalue weighted by molar-refractivity contribution is -0.0632. The first-order chi connectivity index (χ1) is 8.05. The molecule has 0 radical (unpaired) electrons. The lowest BCUT2D eigenvalue weighted by Crippen LogP contribution is -2.43. The summed E-state index contributed by atoms with van der Waals surface area (Å²) in [5.41, 5.74) is 0.0105. The van der Waals surface area contributed by atoms with Crippen molar-refractivity contribution in [2.45, 2.75) is 76.0 Å². The van der Waals surface area contributed by atoms with E-state index < -0.39 is 0 Å². The first kappa shape index (κ1) is 12.9. The predicted octanol–water partition coefficient (Wildman–Crippen LogP) is 2.87. The molecule has 1 aliphatic heterocycles. The summed E-state index contributed by atoms with van der Waals surface area (Å²) in [7, 11) is 0. The van der Waals surface area contributed by atoms with Gasteiger partial charge in [-0.1, -0.05) is 25.2 Å². The molecular formula is C15H25NO. The second-order valence-corrected chi connectivity index (χ2v) is 6.17. The van der Waals surface area contributed by atoms with Gasteiger partial charge >= 0.3 is 0 Å². The van der Waals surface area contributed by atoms with Gasteiger partial charge in [-0.2, -0.15) is 0 Å². The molecule has 1 atom stereocenters. The molecule has 0 amide bonds. The molecule has 2 aliphatic rings. The molecule has 2 heteroatoms. The number of hydrogen-bond acceptors (Lipinski definition) is 2. The second-order valence-electron chi connectivity index (χ2n) is 6.17. The van der Waals surface area contributed by atoms with Crippen LogP contribution >= 0.6 is 0 Å². The summed E-state index contributed by atoms with van der Waals surface area (Å²) in [5, 5.41) is 3.41. The monoisotopic (exact) mass is 235 g/mol. The van der Waals surface area contributed by atoms with E-state index in [2.05, 4.69) is 11.2 Å². The van der Waals surface area contributed by atoms with Crippen molar-refractivity contribution in [2.24, 2.45) is 0 Å². The van der Waals surface area contributed by atoms with Crippen molar-refractivity contribution in [1.29, 1.82) is 0 Å². The third-order valence-electron chi connectivity index (χ3n) is 4.24. The van der Waals surface area contributed by atoms with Gasteiger partial charge in [0.25, 0.3) is 0 Å². The molecule has 0 aromatic heterocycles. The third kappa shape index (κ3) is 3.24. The molecule has 1 spiro atoms. The summed E-state index contributed by atoms with van der Waals surface area (Å²) in [6.07, 6.45) is 14.9. The molecule has 1 aliphatic carbocycles. The molecule has 1 unspecified atom stereocenters. The maximum absolute atomic E-state index is 6.30. The lowest BCUT2D eigenvalue weighted by Gasteiger charge is -2.33. The van der Waals surface area contributed by atoms with Crippen LogP contribution in [0.1, 0.15) is 58.8 Å². The Labute approximate surface area is 105 Å². The molecule has 0 aromatic carbocycles. The summed E-state index contributed by atoms with van der Waals surface area (Å²) < 4.78 is 6.30. The molecule has 1 saturated heterocycles. The molecular weight excluding hydrogens is 210 g/mol. The Morgan fingerprint density at radius 1 is 1.29 bits per heavy atom. The molecule has 1 heterocycles. The summed E-state index contributed by atoms with van der Waals surface area (Å²) in [6.45, 7) is 4.97. The van der Waals surface area contributed by atoms with E-state index in [9.17, 15) is 0 Å². The Bertz CT molecular complexity index is 297. The first-order valence-electron chi connectivity index (χ1n) is 6.96. The average molecular weight is 235 g/mol. The zero-order valence-electron chi connectivity index (χ0n) is 11.2. The zero-order valence-corrected chi connectivity index (χ0v) is 11.2. The zero-order chi connectivity index (χ0) is 12.4. The molecule has 0 aromatic rings. The lowest BCUT2D eigenvalue weighted by atomic mass is 9.83. The molecule has 17 heavy (non-hydrogen) atoms. The number of rotatable bonds is 3. The van der Waals surface area contributed by atoms with Gasteiger partial charge in [-0.3, -0.25) is 5.32 Å². The highest BCUT2D eigenvalue weighted by molar-refractivity contribution is 5.07. The number of terminal acetylenes is 1. The molecule has 2 nitrogen and oxygen atoms in total. The van der Waals surface area contributed by atoms with Gasteiger partial charge in [-0.25, -0.2) is 0 Å². The van der Waals surface area contributed by atoms with E-state index in [1.807, 2.05) is 13.8 Å². The van der Waals surface area contributed by atoms with Crippen molar-refractivity contribution in [1.82, 2.24) is 5.32 Å². The van der Waals surface area contributed by atoms with Crippen LogP contribution in [-0.4, -0.2) is 23.8 Å². The second kappa shape index (κ2) is 5.00. The maximum atomic E-state index is 6.30. The summed E-state index contributed by atoms with van der Waals surface area (Å²) in [6, 6.07) is 0. The molecule has 0 bridgehead atoms. The highest BCUT2D eigenvalue weighted by Gasteiger charge is 2.40. The van der Waals surface area contributed by atoms with Gasteiger partial charge in [0.15, 0.2) is 0 Å². The third-order valence-corrected chi connectivity index (χ3v) is 4.24. The first-order valence-corrected chi connectivity index (χ1v) is 6.96. The van der Waals surface area contributed by atoms with Crippen LogP contribution in [0.2, 0.25) is 0 Å². The predicted molar refractivity (Wildman–Crippen MR) is 70.8 cm³/mol. The minimum absolute atomic E-state index is 0.217. The molecule has 1 saturated carbocycles. The fraction of sp³-hybridized carbons (Fsp3) is 0.867. The molecule has 1 N–H and O–H groups in total. The van der Waals surface area contributed by atoms with Gasteiger partial charge in [-0.05, 0) is 39.5 Å². The Kier molecular flexibility index (Phi) is 3.80. The van der Waals surface area contributed by atoms with E-state index in [-0.39, 0.29) is 11.1 Å². The van der Waals surface area contributed by atoms with E-state index in [4.69, 9.17) is 11.2 Å². The summed E-state index contributed by atoms with van der Waals surface area (Å²) >= 11 is 0. The van der Waals surface area contributed by atoms with Gasteiger partial charge in [0.1, 0.15) is 0 Å². The standard InChI is InChI=1S/C15H25NO/c1-4-14(2,3)16-12-13-8-11-15(17-13)9-6-5-7-10-15/h1,13,16H,5-12H2,2-3H3. The highest BCUT2D eigenvalue weighted by atomic mass is 16.5. The van der Waals surface area contributed by atoms with Crippen LogP contribution in [0.15, 0.2) is 0 Å². The van der Waals surface area contributed by atoms with Crippen molar-refractivity contribution >= 4 is 0 Å².